The molecule has 1 aliphatic rings. The Morgan fingerprint density at radius 1 is 1.55 bits per heavy atom. The number of aliphatic hydroxyl groups is 1. The predicted octanol–water partition coefficient (Wildman–Crippen LogP) is 2.01. The smallest absolute Gasteiger partial charge is 0.0540 e. The number of likely N-dealkylation sites (tertiary alicyclic amines) is 1. The summed E-state index contributed by atoms with van der Waals surface area (Å²) >= 11 is 1.78. The van der Waals surface area contributed by atoms with Gasteiger partial charge in [-0.1, -0.05) is 11.8 Å². The van der Waals surface area contributed by atoms with E-state index in [9.17, 15) is 0 Å². The van der Waals surface area contributed by atoms with Gasteiger partial charge in [-0.05, 0) is 39.5 Å². The van der Waals surface area contributed by atoms with E-state index in [1.54, 1.807) is 11.3 Å². The van der Waals surface area contributed by atoms with Crippen LogP contribution in [0.3, 0.4) is 0 Å². The van der Waals surface area contributed by atoms with Gasteiger partial charge in [-0.25, -0.2) is 0 Å². The molecule has 1 aliphatic heterocycles. The molecule has 1 unspecified atom stereocenters. The summed E-state index contributed by atoms with van der Waals surface area (Å²) in [4.78, 5) is 6.26. The molecule has 0 aliphatic carbocycles. The molecular formula is C16H24N2OS. The van der Waals surface area contributed by atoms with Gasteiger partial charge >= 0.3 is 0 Å². The molecule has 2 heterocycles. The van der Waals surface area contributed by atoms with E-state index in [0.29, 0.717) is 12.5 Å². The average Bonchev–Trinajstić information content (AvgIpc) is 2.86. The number of likely N-dealkylation sites (N-methyl/N-ethyl adjacent to an activating group) is 2. The summed E-state index contributed by atoms with van der Waals surface area (Å²) in [5.41, 5.74) is 1.08. The second-order valence-corrected chi connectivity index (χ2v) is 6.55. The van der Waals surface area contributed by atoms with Crippen LogP contribution in [0.25, 0.3) is 0 Å². The van der Waals surface area contributed by atoms with Gasteiger partial charge in [0.2, 0.25) is 0 Å². The summed E-state index contributed by atoms with van der Waals surface area (Å²) in [6.07, 6.45) is 3.16. The van der Waals surface area contributed by atoms with Crippen molar-refractivity contribution in [2.24, 2.45) is 0 Å². The Hall–Kier alpha value is -0.860. The van der Waals surface area contributed by atoms with E-state index >= 15 is 0 Å². The molecule has 1 aromatic rings. The molecule has 0 aromatic carbocycles. The minimum absolute atomic E-state index is 0.141. The highest BCUT2D eigenvalue weighted by molar-refractivity contribution is 7.10. The van der Waals surface area contributed by atoms with Crippen LogP contribution in [0.1, 0.15) is 29.7 Å². The second kappa shape index (κ2) is 7.80. The molecule has 1 fully saturated rings. The highest BCUT2D eigenvalue weighted by Gasteiger charge is 2.21. The zero-order valence-electron chi connectivity index (χ0n) is 12.4. The Balaban J connectivity index is 1.88. The van der Waals surface area contributed by atoms with Gasteiger partial charge in [-0.15, -0.1) is 11.3 Å². The number of hydrogen-bond acceptors (Lipinski definition) is 4. The fourth-order valence-corrected chi connectivity index (χ4v) is 3.50. The van der Waals surface area contributed by atoms with E-state index in [4.69, 9.17) is 5.11 Å². The Bertz CT molecular complexity index is 474. The summed E-state index contributed by atoms with van der Waals surface area (Å²) < 4.78 is 0. The topological polar surface area (TPSA) is 26.7 Å². The number of nitrogens with zero attached hydrogens (tertiary/aromatic N) is 2. The molecule has 1 aromatic heterocycles. The molecule has 2 rings (SSSR count). The summed E-state index contributed by atoms with van der Waals surface area (Å²) in [5, 5.41) is 10.8. The lowest BCUT2D eigenvalue weighted by Gasteiger charge is -2.35. The Kier molecular flexibility index (Phi) is 6.06. The molecule has 4 heteroatoms. The van der Waals surface area contributed by atoms with Gasteiger partial charge in [-0.2, -0.15) is 0 Å². The third-order valence-corrected chi connectivity index (χ3v) is 4.67. The summed E-state index contributed by atoms with van der Waals surface area (Å²) in [6.45, 7) is 3.55. The van der Waals surface area contributed by atoms with Crippen LogP contribution in [-0.4, -0.2) is 54.7 Å². The molecule has 1 atom stereocenters. The van der Waals surface area contributed by atoms with Crippen molar-refractivity contribution in [2.45, 2.75) is 31.8 Å². The first-order valence-corrected chi connectivity index (χ1v) is 8.13. The van der Waals surface area contributed by atoms with E-state index in [1.165, 1.54) is 30.8 Å². The quantitative estimate of drug-likeness (QED) is 0.860. The Labute approximate surface area is 126 Å². The molecule has 0 bridgehead atoms. The second-order valence-electron chi connectivity index (χ2n) is 5.55. The van der Waals surface area contributed by atoms with Crippen molar-refractivity contribution in [1.82, 2.24) is 9.80 Å². The molecule has 0 radical (unpaired) electrons. The van der Waals surface area contributed by atoms with Gasteiger partial charge in [0, 0.05) is 41.4 Å². The SMILES string of the molecule is CN1CCCC(N(C)Cc2cc(C#CCCO)cs2)C1. The van der Waals surface area contributed by atoms with E-state index in [0.717, 1.165) is 12.1 Å². The normalized spacial score (nSPS) is 19.9. The minimum atomic E-state index is 0.141. The molecule has 20 heavy (non-hydrogen) atoms. The maximum absolute atomic E-state index is 8.72. The maximum Gasteiger partial charge on any atom is 0.0540 e. The zero-order valence-corrected chi connectivity index (χ0v) is 13.2. The first kappa shape index (κ1) is 15.5. The first-order valence-electron chi connectivity index (χ1n) is 7.25. The fourth-order valence-electron chi connectivity index (χ4n) is 2.62. The van der Waals surface area contributed by atoms with Crippen LogP contribution in [0.2, 0.25) is 0 Å². The molecular weight excluding hydrogens is 268 g/mol. The predicted molar refractivity (Wildman–Crippen MR) is 84.9 cm³/mol. The zero-order chi connectivity index (χ0) is 14.4. The number of aliphatic hydroxyl groups excluding tert-OH is 1. The van der Waals surface area contributed by atoms with Crippen LogP contribution in [0.4, 0.5) is 0 Å². The van der Waals surface area contributed by atoms with E-state index in [-0.39, 0.29) is 6.61 Å². The highest BCUT2D eigenvalue weighted by atomic mass is 32.1. The monoisotopic (exact) mass is 292 g/mol. The number of rotatable bonds is 4. The summed E-state index contributed by atoms with van der Waals surface area (Å²) in [7, 11) is 4.43. The number of hydrogen-bond donors (Lipinski definition) is 1. The average molecular weight is 292 g/mol. The third kappa shape index (κ3) is 4.60. The van der Waals surface area contributed by atoms with Crippen molar-refractivity contribution < 1.29 is 5.11 Å². The van der Waals surface area contributed by atoms with Crippen molar-refractivity contribution >= 4 is 11.3 Å². The van der Waals surface area contributed by atoms with Crippen LogP contribution in [0, 0.1) is 11.8 Å². The molecule has 0 saturated carbocycles. The summed E-state index contributed by atoms with van der Waals surface area (Å²) in [6, 6.07) is 2.85. The lowest BCUT2D eigenvalue weighted by Crippen LogP contribution is -2.44. The van der Waals surface area contributed by atoms with Crippen molar-refractivity contribution in [3.8, 4) is 11.8 Å². The molecule has 1 N–H and O–H groups in total. The Morgan fingerprint density at radius 3 is 3.15 bits per heavy atom. The molecule has 1 saturated heterocycles. The summed E-state index contributed by atoms with van der Waals surface area (Å²) in [5.74, 6) is 6.07. The standard InChI is InChI=1S/C16H24N2OS/c1-17-8-5-7-15(11-17)18(2)12-16-10-14(13-20-16)6-3-4-9-19/h10,13,15,19H,4-5,7-9,11-12H2,1-2H3. The molecule has 0 amide bonds. The molecule has 3 nitrogen and oxygen atoms in total. The minimum Gasteiger partial charge on any atom is -0.395 e. The van der Waals surface area contributed by atoms with Gasteiger partial charge < -0.3 is 10.0 Å². The van der Waals surface area contributed by atoms with Gasteiger partial charge in [0.25, 0.3) is 0 Å². The number of piperidine rings is 1. The van der Waals surface area contributed by atoms with Crippen LogP contribution >= 0.6 is 11.3 Å². The van der Waals surface area contributed by atoms with Crippen molar-refractivity contribution in [2.75, 3.05) is 33.8 Å². The van der Waals surface area contributed by atoms with E-state index < -0.39 is 0 Å². The molecule has 0 spiro atoms. The lowest BCUT2D eigenvalue weighted by atomic mass is 10.1. The largest absolute Gasteiger partial charge is 0.395 e. The van der Waals surface area contributed by atoms with Crippen LogP contribution < -0.4 is 0 Å². The van der Waals surface area contributed by atoms with Gasteiger partial charge in [0.05, 0.1) is 6.61 Å². The maximum atomic E-state index is 8.72. The number of thiophene rings is 1. The van der Waals surface area contributed by atoms with Crippen molar-refractivity contribution in [1.29, 1.82) is 0 Å². The van der Waals surface area contributed by atoms with Gasteiger partial charge in [0.15, 0.2) is 0 Å². The third-order valence-electron chi connectivity index (χ3n) is 3.75. The van der Waals surface area contributed by atoms with Crippen LogP contribution in [0.15, 0.2) is 11.4 Å². The van der Waals surface area contributed by atoms with E-state index in [1.807, 2.05) is 0 Å². The van der Waals surface area contributed by atoms with Crippen LogP contribution in [-0.2, 0) is 6.54 Å². The Morgan fingerprint density at radius 2 is 2.40 bits per heavy atom. The van der Waals surface area contributed by atoms with Gasteiger partial charge in [-0.3, -0.25) is 4.90 Å². The highest BCUT2D eigenvalue weighted by Crippen LogP contribution is 2.20. The van der Waals surface area contributed by atoms with Gasteiger partial charge in [0.1, 0.15) is 0 Å². The lowest BCUT2D eigenvalue weighted by molar-refractivity contribution is 0.130. The molecule has 110 valence electrons. The fraction of sp³-hybridized carbons (Fsp3) is 0.625. The van der Waals surface area contributed by atoms with E-state index in [2.05, 4.69) is 47.2 Å². The van der Waals surface area contributed by atoms with Crippen molar-refractivity contribution in [3.63, 3.8) is 0 Å². The van der Waals surface area contributed by atoms with Crippen LogP contribution in [0.5, 0.6) is 0 Å². The first-order chi connectivity index (χ1) is 9.69. The van der Waals surface area contributed by atoms with Crippen molar-refractivity contribution in [3.05, 3.63) is 21.9 Å².